The van der Waals surface area contributed by atoms with E-state index < -0.39 is 0 Å². The Hall–Kier alpha value is -2.14. The molecule has 2 atom stereocenters. The predicted octanol–water partition coefficient (Wildman–Crippen LogP) is 2.46. The van der Waals surface area contributed by atoms with Gasteiger partial charge >= 0.3 is 0 Å². The van der Waals surface area contributed by atoms with E-state index in [1.165, 1.54) is 11.1 Å². The summed E-state index contributed by atoms with van der Waals surface area (Å²) in [4.78, 5) is 16.7. The molecule has 2 aromatic rings. The van der Waals surface area contributed by atoms with Crippen molar-refractivity contribution in [3.63, 3.8) is 0 Å². The Labute approximate surface area is 136 Å². The highest BCUT2D eigenvalue weighted by Crippen LogP contribution is 2.31. The van der Waals surface area contributed by atoms with Crippen LogP contribution in [0.3, 0.4) is 0 Å². The van der Waals surface area contributed by atoms with Gasteiger partial charge in [-0.1, -0.05) is 35.0 Å². The van der Waals surface area contributed by atoms with Crippen LogP contribution < -0.4 is 0 Å². The van der Waals surface area contributed by atoms with Crippen LogP contribution in [0.5, 0.6) is 0 Å². The van der Waals surface area contributed by atoms with Gasteiger partial charge < -0.3 is 14.3 Å². The second-order valence-electron chi connectivity index (χ2n) is 6.58. The average molecular weight is 313 g/mol. The van der Waals surface area contributed by atoms with E-state index in [-0.39, 0.29) is 5.91 Å². The second kappa shape index (κ2) is 6.16. The van der Waals surface area contributed by atoms with Gasteiger partial charge in [-0.05, 0) is 33.5 Å². The fourth-order valence-corrected chi connectivity index (χ4v) is 3.25. The smallest absolute Gasteiger partial charge is 0.276 e. The number of aromatic nitrogens is 1. The van der Waals surface area contributed by atoms with Crippen molar-refractivity contribution in [1.29, 1.82) is 0 Å². The standard InChI is InChI=1S/C18H23N3O2/c1-12-5-7-14(8-6-12)15-10-21(11-17(15)20(3)4)18(22)16-9-13(2)23-19-16/h5-9,15,17H,10-11H2,1-4H3/t15-,17+/m0/s1. The number of likely N-dealkylation sites (N-methyl/N-ethyl adjacent to an activating group) is 1. The lowest BCUT2D eigenvalue weighted by Crippen LogP contribution is -2.35. The van der Waals surface area contributed by atoms with Gasteiger partial charge in [0.25, 0.3) is 5.91 Å². The molecule has 0 spiro atoms. The van der Waals surface area contributed by atoms with Gasteiger partial charge in [-0.15, -0.1) is 0 Å². The van der Waals surface area contributed by atoms with Crippen LogP contribution in [0.1, 0.15) is 33.3 Å². The summed E-state index contributed by atoms with van der Waals surface area (Å²) in [5.74, 6) is 0.914. The summed E-state index contributed by atoms with van der Waals surface area (Å²) in [6.45, 7) is 5.29. The van der Waals surface area contributed by atoms with E-state index in [0.717, 1.165) is 0 Å². The first-order valence-corrected chi connectivity index (χ1v) is 7.91. The van der Waals surface area contributed by atoms with Crippen molar-refractivity contribution in [3.8, 4) is 0 Å². The summed E-state index contributed by atoms with van der Waals surface area (Å²) in [5, 5.41) is 3.86. The molecule has 1 aliphatic heterocycles. The molecule has 5 nitrogen and oxygen atoms in total. The summed E-state index contributed by atoms with van der Waals surface area (Å²) in [7, 11) is 4.14. The zero-order valence-electron chi connectivity index (χ0n) is 14.1. The third-order valence-electron chi connectivity index (χ3n) is 4.59. The van der Waals surface area contributed by atoms with Crippen LogP contribution in [0, 0.1) is 13.8 Å². The molecule has 0 bridgehead atoms. The number of amides is 1. The first kappa shape index (κ1) is 15.7. The van der Waals surface area contributed by atoms with Gasteiger partial charge in [0, 0.05) is 31.1 Å². The van der Waals surface area contributed by atoms with E-state index in [4.69, 9.17) is 4.52 Å². The number of hydrogen-bond donors (Lipinski definition) is 0. The summed E-state index contributed by atoms with van der Waals surface area (Å²) in [6, 6.07) is 10.6. The number of benzene rings is 1. The zero-order valence-corrected chi connectivity index (χ0v) is 14.1. The number of hydrogen-bond acceptors (Lipinski definition) is 4. The van der Waals surface area contributed by atoms with E-state index in [9.17, 15) is 4.79 Å². The molecule has 0 N–H and O–H groups in total. The minimum Gasteiger partial charge on any atom is -0.361 e. The van der Waals surface area contributed by atoms with E-state index in [0.29, 0.717) is 36.5 Å². The van der Waals surface area contributed by atoms with E-state index in [2.05, 4.69) is 55.3 Å². The second-order valence-corrected chi connectivity index (χ2v) is 6.58. The number of rotatable bonds is 3. The van der Waals surface area contributed by atoms with Crippen LogP contribution in [0.4, 0.5) is 0 Å². The summed E-state index contributed by atoms with van der Waals surface area (Å²) < 4.78 is 5.04. The monoisotopic (exact) mass is 313 g/mol. The third-order valence-corrected chi connectivity index (χ3v) is 4.59. The number of carbonyl (C=O) groups excluding carboxylic acids is 1. The van der Waals surface area contributed by atoms with Crippen molar-refractivity contribution in [3.05, 3.63) is 52.9 Å². The Kier molecular flexibility index (Phi) is 4.22. The van der Waals surface area contributed by atoms with Gasteiger partial charge in [0.1, 0.15) is 5.76 Å². The van der Waals surface area contributed by atoms with Crippen molar-refractivity contribution in [1.82, 2.24) is 15.0 Å². The van der Waals surface area contributed by atoms with Gasteiger partial charge in [0.15, 0.2) is 5.69 Å². The molecule has 1 fully saturated rings. The topological polar surface area (TPSA) is 49.6 Å². The Balaban J connectivity index is 1.83. The van der Waals surface area contributed by atoms with Crippen molar-refractivity contribution >= 4 is 5.91 Å². The first-order chi connectivity index (χ1) is 11.0. The maximum Gasteiger partial charge on any atom is 0.276 e. The van der Waals surface area contributed by atoms with E-state index in [1.54, 1.807) is 13.0 Å². The molecule has 5 heteroatoms. The Morgan fingerprint density at radius 2 is 1.91 bits per heavy atom. The molecule has 23 heavy (non-hydrogen) atoms. The first-order valence-electron chi connectivity index (χ1n) is 7.91. The van der Waals surface area contributed by atoms with Crippen LogP contribution in [0.25, 0.3) is 0 Å². The van der Waals surface area contributed by atoms with Crippen molar-refractivity contribution in [2.75, 3.05) is 27.2 Å². The number of likely N-dealkylation sites (tertiary alicyclic amines) is 1. The molecule has 0 saturated carbocycles. The van der Waals surface area contributed by atoms with Crippen molar-refractivity contribution < 1.29 is 9.32 Å². The van der Waals surface area contributed by atoms with Crippen molar-refractivity contribution in [2.24, 2.45) is 0 Å². The van der Waals surface area contributed by atoms with Gasteiger partial charge in [-0.25, -0.2) is 0 Å². The van der Waals surface area contributed by atoms with Gasteiger partial charge in [0.2, 0.25) is 0 Å². The number of nitrogens with zero attached hydrogens (tertiary/aromatic N) is 3. The van der Waals surface area contributed by atoms with Crippen LogP contribution in [-0.4, -0.2) is 54.1 Å². The zero-order chi connectivity index (χ0) is 16.6. The molecular formula is C18H23N3O2. The molecule has 0 radical (unpaired) electrons. The maximum atomic E-state index is 12.6. The van der Waals surface area contributed by atoms with Crippen LogP contribution in [0.15, 0.2) is 34.9 Å². The highest BCUT2D eigenvalue weighted by atomic mass is 16.5. The van der Waals surface area contributed by atoms with Gasteiger partial charge in [-0.3, -0.25) is 4.79 Å². The largest absolute Gasteiger partial charge is 0.361 e. The molecule has 1 saturated heterocycles. The molecule has 1 aliphatic rings. The van der Waals surface area contributed by atoms with E-state index in [1.807, 2.05) is 4.90 Å². The summed E-state index contributed by atoms with van der Waals surface area (Å²) in [5.41, 5.74) is 2.92. The fourth-order valence-electron chi connectivity index (χ4n) is 3.25. The fraction of sp³-hybridized carbons (Fsp3) is 0.444. The van der Waals surface area contributed by atoms with E-state index >= 15 is 0 Å². The molecule has 0 aliphatic carbocycles. The average Bonchev–Trinajstić information content (AvgIpc) is 3.14. The van der Waals surface area contributed by atoms with Gasteiger partial charge in [0.05, 0.1) is 0 Å². The highest BCUT2D eigenvalue weighted by Gasteiger charge is 2.38. The highest BCUT2D eigenvalue weighted by molar-refractivity contribution is 5.92. The SMILES string of the molecule is Cc1ccc([C@@H]2CN(C(=O)c3cc(C)on3)C[C@H]2N(C)C)cc1. The van der Waals surface area contributed by atoms with Crippen LogP contribution >= 0.6 is 0 Å². The minimum absolute atomic E-state index is 0.0525. The molecule has 1 aromatic carbocycles. The lowest BCUT2D eigenvalue weighted by molar-refractivity contribution is 0.0772. The maximum absolute atomic E-state index is 12.6. The van der Waals surface area contributed by atoms with Crippen LogP contribution in [0.2, 0.25) is 0 Å². The third kappa shape index (κ3) is 3.15. The number of carbonyl (C=O) groups is 1. The predicted molar refractivity (Wildman–Crippen MR) is 88.5 cm³/mol. The molecule has 122 valence electrons. The Morgan fingerprint density at radius 3 is 2.48 bits per heavy atom. The Morgan fingerprint density at radius 1 is 1.22 bits per heavy atom. The molecular weight excluding hydrogens is 290 g/mol. The summed E-state index contributed by atoms with van der Waals surface area (Å²) >= 11 is 0. The quantitative estimate of drug-likeness (QED) is 0.873. The molecule has 0 unspecified atom stereocenters. The lowest BCUT2D eigenvalue weighted by Gasteiger charge is -2.25. The molecule has 1 aromatic heterocycles. The van der Waals surface area contributed by atoms with Crippen LogP contribution in [-0.2, 0) is 0 Å². The normalized spacial score (nSPS) is 21.2. The minimum atomic E-state index is -0.0525. The lowest BCUT2D eigenvalue weighted by atomic mass is 9.93. The van der Waals surface area contributed by atoms with Crippen molar-refractivity contribution in [2.45, 2.75) is 25.8 Å². The number of aryl methyl sites for hydroxylation is 2. The molecule has 1 amide bonds. The molecule has 3 rings (SSSR count). The Bertz CT molecular complexity index is 691. The van der Waals surface area contributed by atoms with Gasteiger partial charge in [-0.2, -0.15) is 0 Å². The summed E-state index contributed by atoms with van der Waals surface area (Å²) in [6.07, 6.45) is 0. The molecule has 2 heterocycles.